The molecule has 1 aliphatic carbocycles. The fourth-order valence-electron chi connectivity index (χ4n) is 2.67. The van der Waals surface area contributed by atoms with E-state index in [2.05, 4.69) is 15.9 Å². The van der Waals surface area contributed by atoms with Crippen molar-refractivity contribution in [1.82, 2.24) is 0 Å². The summed E-state index contributed by atoms with van der Waals surface area (Å²) in [6.07, 6.45) is 1.97. The summed E-state index contributed by atoms with van der Waals surface area (Å²) in [5, 5.41) is 9.07. The quantitative estimate of drug-likeness (QED) is 0.901. The van der Waals surface area contributed by atoms with Gasteiger partial charge in [-0.3, -0.25) is 4.79 Å². The molecule has 1 aliphatic rings. The second kappa shape index (κ2) is 5.04. The highest BCUT2D eigenvalue weighted by Crippen LogP contribution is 2.55. The maximum absolute atomic E-state index is 11.0. The lowest BCUT2D eigenvalue weighted by atomic mass is 9.88. The summed E-state index contributed by atoms with van der Waals surface area (Å²) < 4.78 is 11.5. The van der Waals surface area contributed by atoms with Crippen LogP contribution in [0.3, 0.4) is 0 Å². The number of hydrogen-bond donors (Lipinski definition) is 1. The van der Waals surface area contributed by atoms with Crippen molar-refractivity contribution in [2.45, 2.75) is 31.6 Å². The standard InChI is InChI=1S/C14H17BrO4/c1-8-9(14(4-5-14)7-11(16)17)6-10(15)13(19-3)12(8)18-2/h6H,4-5,7H2,1-3H3,(H,16,17). The molecule has 0 heterocycles. The van der Waals surface area contributed by atoms with Gasteiger partial charge in [0.1, 0.15) is 0 Å². The van der Waals surface area contributed by atoms with Gasteiger partial charge in [0.25, 0.3) is 0 Å². The molecular weight excluding hydrogens is 312 g/mol. The summed E-state index contributed by atoms with van der Waals surface area (Å²) in [5.41, 5.74) is 1.76. The van der Waals surface area contributed by atoms with Crippen LogP contribution in [0.25, 0.3) is 0 Å². The number of rotatable bonds is 5. The number of halogens is 1. The maximum Gasteiger partial charge on any atom is 0.304 e. The van der Waals surface area contributed by atoms with Crippen LogP contribution in [0, 0.1) is 6.92 Å². The Bertz CT molecular complexity index is 521. The largest absolute Gasteiger partial charge is 0.493 e. The van der Waals surface area contributed by atoms with Gasteiger partial charge in [-0.2, -0.15) is 0 Å². The molecule has 104 valence electrons. The van der Waals surface area contributed by atoms with Gasteiger partial charge in [0.15, 0.2) is 11.5 Å². The fourth-order valence-corrected chi connectivity index (χ4v) is 3.24. The Morgan fingerprint density at radius 3 is 2.37 bits per heavy atom. The molecule has 0 radical (unpaired) electrons. The molecule has 1 aromatic carbocycles. The number of hydrogen-bond acceptors (Lipinski definition) is 3. The van der Waals surface area contributed by atoms with Gasteiger partial charge in [-0.25, -0.2) is 0 Å². The molecule has 1 N–H and O–H groups in total. The van der Waals surface area contributed by atoms with Gasteiger partial charge in [-0.1, -0.05) is 0 Å². The van der Waals surface area contributed by atoms with Crippen molar-refractivity contribution in [1.29, 1.82) is 0 Å². The van der Waals surface area contributed by atoms with E-state index in [0.717, 1.165) is 28.4 Å². The molecule has 0 aliphatic heterocycles. The number of carboxylic acids is 1. The lowest BCUT2D eigenvalue weighted by Crippen LogP contribution is -2.15. The van der Waals surface area contributed by atoms with Crippen molar-refractivity contribution in [3.63, 3.8) is 0 Å². The predicted molar refractivity (Wildman–Crippen MR) is 75.1 cm³/mol. The lowest BCUT2D eigenvalue weighted by Gasteiger charge is -2.21. The first-order valence-corrected chi connectivity index (χ1v) is 6.88. The molecule has 5 heteroatoms. The lowest BCUT2D eigenvalue weighted by molar-refractivity contribution is -0.137. The van der Waals surface area contributed by atoms with Crippen LogP contribution in [0.5, 0.6) is 11.5 Å². The summed E-state index contributed by atoms with van der Waals surface area (Å²) in [7, 11) is 3.18. The van der Waals surface area contributed by atoms with E-state index in [4.69, 9.17) is 14.6 Å². The zero-order valence-corrected chi connectivity index (χ0v) is 12.8. The van der Waals surface area contributed by atoms with Crippen molar-refractivity contribution in [2.75, 3.05) is 14.2 Å². The minimum absolute atomic E-state index is 0.162. The first kappa shape index (κ1) is 14.2. The highest BCUT2D eigenvalue weighted by atomic mass is 79.9. The van der Waals surface area contributed by atoms with Crippen molar-refractivity contribution < 1.29 is 19.4 Å². The zero-order chi connectivity index (χ0) is 14.2. The molecule has 2 rings (SSSR count). The van der Waals surface area contributed by atoms with Crippen LogP contribution in [-0.2, 0) is 10.2 Å². The Kier molecular flexibility index (Phi) is 3.76. The Hall–Kier alpha value is -1.23. The normalized spacial score (nSPS) is 16.0. The number of aliphatic carboxylic acids is 1. The molecule has 0 unspecified atom stereocenters. The molecule has 0 aromatic heterocycles. The smallest absolute Gasteiger partial charge is 0.304 e. The van der Waals surface area contributed by atoms with E-state index in [0.29, 0.717) is 11.5 Å². The van der Waals surface area contributed by atoms with E-state index in [1.165, 1.54) is 0 Å². The number of methoxy groups -OCH3 is 2. The third-order valence-electron chi connectivity index (χ3n) is 3.76. The third-order valence-corrected chi connectivity index (χ3v) is 4.35. The van der Waals surface area contributed by atoms with Gasteiger partial charge in [0, 0.05) is 5.41 Å². The Labute approximate surface area is 120 Å². The van der Waals surface area contributed by atoms with Crippen molar-refractivity contribution in [3.8, 4) is 11.5 Å². The Balaban J connectivity index is 2.54. The molecular formula is C14H17BrO4. The second-order valence-corrected chi connectivity index (χ2v) is 5.80. The topological polar surface area (TPSA) is 55.8 Å². The van der Waals surface area contributed by atoms with Gasteiger partial charge >= 0.3 is 5.97 Å². The van der Waals surface area contributed by atoms with Gasteiger partial charge in [-0.05, 0) is 52.9 Å². The molecule has 0 saturated heterocycles. The summed E-state index contributed by atoms with van der Waals surface area (Å²) in [4.78, 5) is 11.0. The summed E-state index contributed by atoms with van der Waals surface area (Å²) >= 11 is 3.47. The molecule has 1 aromatic rings. The molecule has 4 nitrogen and oxygen atoms in total. The molecule has 19 heavy (non-hydrogen) atoms. The van der Waals surface area contributed by atoms with Gasteiger partial charge in [0.2, 0.25) is 0 Å². The number of ether oxygens (including phenoxy) is 2. The molecule has 0 atom stereocenters. The van der Waals surface area contributed by atoms with Crippen LogP contribution in [-0.4, -0.2) is 25.3 Å². The van der Waals surface area contributed by atoms with Crippen LogP contribution in [0.4, 0.5) is 0 Å². The zero-order valence-electron chi connectivity index (χ0n) is 11.2. The SMILES string of the molecule is COc1c(Br)cc(C2(CC(=O)O)CC2)c(C)c1OC. The van der Waals surface area contributed by atoms with Crippen LogP contribution in [0.1, 0.15) is 30.4 Å². The summed E-state index contributed by atoms with van der Waals surface area (Å²) in [5.74, 6) is 0.557. The van der Waals surface area contributed by atoms with Crippen LogP contribution >= 0.6 is 15.9 Å². The Morgan fingerprint density at radius 1 is 1.37 bits per heavy atom. The number of carbonyl (C=O) groups is 1. The first-order valence-electron chi connectivity index (χ1n) is 6.08. The highest BCUT2D eigenvalue weighted by Gasteiger charge is 2.47. The monoisotopic (exact) mass is 328 g/mol. The van der Waals surface area contributed by atoms with Crippen LogP contribution < -0.4 is 9.47 Å². The van der Waals surface area contributed by atoms with E-state index >= 15 is 0 Å². The molecule has 1 saturated carbocycles. The summed E-state index contributed by atoms with van der Waals surface area (Å²) in [6.45, 7) is 1.95. The molecule has 1 fully saturated rings. The van der Waals surface area contributed by atoms with E-state index < -0.39 is 5.97 Å². The first-order chi connectivity index (χ1) is 8.95. The van der Waals surface area contributed by atoms with Crippen molar-refractivity contribution in [3.05, 3.63) is 21.7 Å². The minimum Gasteiger partial charge on any atom is -0.493 e. The Morgan fingerprint density at radius 2 is 1.95 bits per heavy atom. The summed E-state index contributed by atoms with van der Waals surface area (Å²) in [6, 6.07) is 1.96. The molecule has 0 spiro atoms. The van der Waals surface area contributed by atoms with Gasteiger partial charge in [0.05, 0.1) is 25.1 Å². The highest BCUT2D eigenvalue weighted by molar-refractivity contribution is 9.10. The maximum atomic E-state index is 11.0. The van der Waals surface area contributed by atoms with E-state index in [-0.39, 0.29) is 11.8 Å². The third kappa shape index (κ3) is 2.43. The van der Waals surface area contributed by atoms with Crippen LogP contribution in [0.2, 0.25) is 0 Å². The average Bonchev–Trinajstić information content (AvgIpc) is 3.10. The van der Waals surface area contributed by atoms with E-state index in [1.54, 1.807) is 14.2 Å². The predicted octanol–water partition coefficient (Wildman–Crippen LogP) is 3.28. The number of benzene rings is 1. The van der Waals surface area contributed by atoms with E-state index in [9.17, 15) is 4.79 Å². The molecule has 0 amide bonds. The van der Waals surface area contributed by atoms with Gasteiger partial charge in [-0.15, -0.1) is 0 Å². The van der Waals surface area contributed by atoms with Crippen molar-refractivity contribution >= 4 is 21.9 Å². The average molecular weight is 329 g/mol. The van der Waals surface area contributed by atoms with Crippen molar-refractivity contribution in [2.24, 2.45) is 0 Å². The fraction of sp³-hybridized carbons (Fsp3) is 0.500. The van der Waals surface area contributed by atoms with Gasteiger partial charge < -0.3 is 14.6 Å². The number of carboxylic acid groups (broad SMARTS) is 1. The van der Waals surface area contributed by atoms with E-state index in [1.807, 2.05) is 13.0 Å². The minimum atomic E-state index is -0.761. The molecule has 0 bridgehead atoms. The second-order valence-electron chi connectivity index (χ2n) is 4.95. The van der Waals surface area contributed by atoms with Crippen LogP contribution in [0.15, 0.2) is 10.5 Å².